The molecule has 0 radical (unpaired) electrons. The molecule has 0 atom stereocenters. The number of piperidine rings is 2. The van der Waals surface area contributed by atoms with E-state index in [-0.39, 0.29) is 39.5 Å². The molecule has 29 nitrogen and oxygen atoms in total. The van der Waals surface area contributed by atoms with E-state index in [1.54, 1.807) is 32.3 Å². The first-order chi connectivity index (χ1) is 50.4. The summed E-state index contributed by atoms with van der Waals surface area (Å²) in [6.45, 7) is 15.8. The lowest BCUT2D eigenvalue weighted by Gasteiger charge is -2.28. The van der Waals surface area contributed by atoms with Gasteiger partial charge in [-0.15, -0.1) is 10.2 Å². The van der Waals surface area contributed by atoms with Crippen molar-refractivity contribution in [3.05, 3.63) is 130 Å². The Morgan fingerprint density at radius 2 is 1.07 bits per heavy atom. The number of ether oxygens (including phenoxy) is 2. The summed E-state index contributed by atoms with van der Waals surface area (Å²) >= 11 is 3.73. The lowest BCUT2D eigenvalue weighted by atomic mass is 10.1. The van der Waals surface area contributed by atoms with E-state index in [0.29, 0.717) is 124 Å². The van der Waals surface area contributed by atoms with Crippen LogP contribution in [0.2, 0.25) is 0 Å². The molecular weight excluding hydrogens is 1440 g/mol. The van der Waals surface area contributed by atoms with Crippen LogP contribution in [0.1, 0.15) is 95.4 Å². The summed E-state index contributed by atoms with van der Waals surface area (Å²) in [6, 6.07) is 27.4. The Balaban J connectivity index is 1.04. The molecule has 0 unspecified atom stereocenters. The van der Waals surface area contributed by atoms with E-state index in [9.17, 15) is 45.1 Å². The number of methoxy groups -OCH3 is 2. The summed E-state index contributed by atoms with van der Waals surface area (Å²) < 4.78 is 79.5. The van der Waals surface area contributed by atoms with Crippen LogP contribution in [0, 0.1) is 0 Å². The van der Waals surface area contributed by atoms with Crippen LogP contribution >= 0.6 is 34.4 Å². The van der Waals surface area contributed by atoms with Crippen LogP contribution in [0.4, 0.5) is 79.3 Å². The number of hydrogen-bond donors (Lipinski definition) is 7. The highest BCUT2D eigenvalue weighted by molar-refractivity contribution is 7.98. The summed E-state index contributed by atoms with van der Waals surface area (Å²) in [7, 11) is -4.25. The van der Waals surface area contributed by atoms with Crippen LogP contribution in [0.5, 0.6) is 11.5 Å². The Bertz CT molecular complexity index is 4820. The average molecular weight is 1530 g/mol. The highest BCUT2D eigenvalue weighted by Crippen LogP contribution is 2.45. The van der Waals surface area contributed by atoms with E-state index in [2.05, 4.69) is 46.3 Å². The standard InChI is InChI=1S/C71H83N17O12S5/c1-10-85(11-2)57-39-53(55(41-59(57)99-8)81-82-70-76-63(87-31-19-15-20-32-87)61(102-70)37-51(44(5)89)65(91)72-47-27-23-29-49(35-47)104(93,94)95)74-67-78-68(80-69(79-67)101-43-46-25-17-14-18-26-46)75-54-40-58(86(12-3)13-4)60(100-9)42-56(54)83-84(7)71-77-64(88-33-21-16-22-34-88)62(103-71)38-52(45(6)90)66(92)73-48-28-24-30-50(36-48)105(96,97)98/h14,17-18,23-30,35-42,83H,10-13,15-16,19-22,31-34,43H2,1-9H3,(H,72,91)(H,73,92)(H,93,94,95)(H,96,97,98)(H2,74,75,78,79,80)/b51-37-,52-38+,82-81?. The van der Waals surface area contributed by atoms with Gasteiger partial charge >= 0.3 is 0 Å². The first-order valence-electron chi connectivity index (χ1n) is 33.9. The average Bonchev–Trinajstić information content (AvgIpc) is 1.70. The Kier molecular flexibility index (Phi) is 25.9. The highest BCUT2D eigenvalue weighted by atomic mass is 32.2. The number of rotatable bonds is 32. The zero-order valence-electron chi connectivity index (χ0n) is 59.5. The molecule has 3 aromatic heterocycles. The maximum Gasteiger partial charge on any atom is 0.294 e. The number of benzene rings is 5. The SMILES string of the molecule is CCN(CC)c1cc(Nc2nc(Nc3cc(N(CC)CC)c(OC)cc3NN(C)c3nc(N4CCCCC4)c(/C=C(\C(C)=O)C(=O)Nc4cccc(S(=O)(=O)O)c4)s3)nc(SCc3ccccc3)n2)c(N=Nc2nc(N3CCCCC3)c(/C=C(/C(C)=O)C(=O)Nc3cccc(S(=O)(=O)O)c3)s2)cc1OC. The largest absolute Gasteiger partial charge is 0.495 e. The molecule has 2 aliphatic rings. The predicted molar refractivity (Wildman–Crippen MR) is 415 cm³/mol. The van der Waals surface area contributed by atoms with Crippen LogP contribution in [0.3, 0.4) is 0 Å². The van der Waals surface area contributed by atoms with Crippen molar-refractivity contribution in [2.24, 2.45) is 10.2 Å². The number of nitrogens with zero attached hydrogens (tertiary/aromatic N) is 12. The second-order valence-electron chi connectivity index (χ2n) is 24.2. The predicted octanol–water partition coefficient (Wildman–Crippen LogP) is 13.8. The van der Waals surface area contributed by atoms with Crippen LogP contribution in [0.15, 0.2) is 139 Å². The van der Waals surface area contributed by atoms with Gasteiger partial charge in [0.1, 0.15) is 28.8 Å². The van der Waals surface area contributed by atoms with Crippen LogP contribution in [-0.4, -0.2) is 148 Å². The third kappa shape index (κ3) is 19.8. The van der Waals surface area contributed by atoms with Crippen molar-refractivity contribution in [1.29, 1.82) is 0 Å². The number of hydrogen-bond acceptors (Lipinski definition) is 28. The summed E-state index contributed by atoms with van der Waals surface area (Å²) in [5, 5.41) is 24.5. The van der Waals surface area contributed by atoms with Crippen LogP contribution in [-0.2, 0) is 45.2 Å². The fourth-order valence-electron chi connectivity index (χ4n) is 11.7. The topological polar surface area (TPSA) is 361 Å². The molecule has 0 bridgehead atoms. The van der Waals surface area contributed by atoms with Gasteiger partial charge in [-0.3, -0.25) is 38.7 Å². The monoisotopic (exact) mass is 1530 g/mol. The van der Waals surface area contributed by atoms with Crippen molar-refractivity contribution in [3.63, 3.8) is 0 Å². The molecule has 8 aromatic rings. The lowest BCUT2D eigenvalue weighted by molar-refractivity contribution is -0.120. The van der Waals surface area contributed by atoms with Crippen molar-refractivity contribution in [1.82, 2.24) is 24.9 Å². The number of azo groups is 1. The van der Waals surface area contributed by atoms with Gasteiger partial charge in [0.05, 0.1) is 73.3 Å². The minimum Gasteiger partial charge on any atom is -0.495 e. The molecule has 2 saturated heterocycles. The molecule has 2 aliphatic heterocycles. The molecule has 2 amide bonds. The number of Topliss-reactive ketones (excluding diaryl/α,β-unsaturated/α-hetero) is 2. The van der Waals surface area contributed by atoms with Crippen LogP contribution < -0.4 is 60.8 Å². The number of ketones is 2. The zero-order valence-corrected chi connectivity index (χ0v) is 63.5. The summed E-state index contributed by atoms with van der Waals surface area (Å²) in [4.78, 5) is 88.4. The van der Waals surface area contributed by atoms with Gasteiger partial charge in [-0.1, -0.05) is 76.9 Å². The van der Waals surface area contributed by atoms with E-state index in [4.69, 9.17) is 44.6 Å². The van der Waals surface area contributed by atoms with E-state index in [1.165, 1.54) is 85.5 Å². The number of carbonyl (C=O) groups is 4. The molecule has 0 spiro atoms. The molecule has 2 fully saturated rings. The molecule has 34 heteroatoms. The summed E-state index contributed by atoms with van der Waals surface area (Å²) in [5.41, 5.74) is 7.37. The maximum atomic E-state index is 14.0. The fourth-order valence-corrected chi connectivity index (χ4v) is 15.4. The fraction of sp³-hybridized carbons (Fsp3) is 0.338. The summed E-state index contributed by atoms with van der Waals surface area (Å²) in [5.74, 6) is 0.0760. The number of nitrogens with one attached hydrogen (secondary N) is 5. The first kappa shape index (κ1) is 77.5. The third-order valence-corrected chi connectivity index (χ3v) is 21.7. The summed E-state index contributed by atoms with van der Waals surface area (Å²) in [6.07, 6.45) is 8.49. The first-order valence-corrected chi connectivity index (χ1v) is 39.4. The highest BCUT2D eigenvalue weighted by Gasteiger charge is 2.28. The Hall–Kier alpha value is -10.1. The normalized spacial score (nSPS) is 13.7. The number of carbonyl (C=O) groups excluding carboxylic acids is 4. The number of amides is 2. The smallest absolute Gasteiger partial charge is 0.294 e. The second kappa shape index (κ2) is 35.1. The van der Waals surface area contributed by atoms with Gasteiger partial charge in [0.25, 0.3) is 32.1 Å². The third-order valence-electron chi connectivity index (χ3n) is 17.1. The Morgan fingerprint density at radius 3 is 1.56 bits per heavy atom. The molecule has 0 saturated carbocycles. The van der Waals surface area contributed by atoms with Gasteiger partial charge in [-0.05, 0) is 146 Å². The minimum atomic E-state index is -4.60. The van der Waals surface area contributed by atoms with E-state index >= 15 is 0 Å². The van der Waals surface area contributed by atoms with E-state index < -0.39 is 53.4 Å². The molecule has 7 N–H and O–H groups in total. The number of anilines is 12. The molecule has 10 rings (SSSR count). The van der Waals surface area contributed by atoms with Gasteiger partial charge in [0.2, 0.25) is 22.2 Å². The minimum absolute atomic E-state index is 0.0371. The van der Waals surface area contributed by atoms with Gasteiger partial charge in [-0.25, -0.2) is 4.98 Å². The van der Waals surface area contributed by atoms with Crippen molar-refractivity contribution in [2.45, 2.75) is 101 Å². The van der Waals surface area contributed by atoms with Crippen molar-refractivity contribution < 1.29 is 54.6 Å². The molecule has 0 aliphatic carbocycles. The van der Waals surface area contributed by atoms with E-state index in [0.717, 1.165) is 78.9 Å². The van der Waals surface area contributed by atoms with Gasteiger partial charge in [0, 0.05) is 88.7 Å². The number of aromatic nitrogens is 5. The van der Waals surface area contributed by atoms with Gasteiger partial charge in [-0.2, -0.15) is 36.8 Å². The maximum absolute atomic E-state index is 14.0. The Morgan fingerprint density at radius 1 is 0.581 bits per heavy atom. The number of hydrazine groups is 1. The number of thiazole rings is 2. The Labute approximate surface area is 622 Å². The molecular formula is C71H83N17O12S5. The van der Waals surface area contributed by atoms with Gasteiger partial charge in [0.15, 0.2) is 16.7 Å². The van der Waals surface area contributed by atoms with Gasteiger partial charge < -0.3 is 50.3 Å². The van der Waals surface area contributed by atoms with Crippen molar-refractivity contribution >= 4 is 169 Å². The van der Waals surface area contributed by atoms with E-state index in [1.807, 2.05) is 76.2 Å². The zero-order chi connectivity index (χ0) is 75.1. The quantitative estimate of drug-likeness (QED) is 0.00392. The molecule has 554 valence electrons. The van der Waals surface area contributed by atoms with Crippen molar-refractivity contribution in [3.8, 4) is 11.5 Å². The molecule has 5 aromatic carbocycles. The number of thioether (sulfide) groups is 1. The molecule has 105 heavy (non-hydrogen) atoms. The van der Waals surface area contributed by atoms with Crippen LogP contribution in [0.25, 0.3) is 12.2 Å². The lowest BCUT2D eigenvalue weighted by Crippen LogP contribution is -2.30. The molecule has 5 heterocycles. The second-order valence-corrected chi connectivity index (χ2v) is 30.0. The van der Waals surface area contributed by atoms with Crippen molar-refractivity contribution in [2.75, 3.05) is 125 Å².